The first-order valence-electron chi connectivity index (χ1n) is 6.74. The molecule has 1 saturated heterocycles. The van der Waals surface area contributed by atoms with E-state index in [0.717, 1.165) is 30.9 Å². The normalized spacial score (nSPS) is 19.2. The van der Waals surface area contributed by atoms with Crippen molar-refractivity contribution >= 4 is 0 Å². The summed E-state index contributed by atoms with van der Waals surface area (Å²) in [5, 5.41) is 3.38. The summed E-state index contributed by atoms with van der Waals surface area (Å²) in [6, 6.07) is 10.6. The molecule has 1 aromatic carbocycles. The lowest BCUT2D eigenvalue weighted by molar-refractivity contribution is 0.246. The van der Waals surface area contributed by atoms with Gasteiger partial charge in [0.05, 0.1) is 5.69 Å². The molecule has 0 saturated carbocycles. The maximum atomic E-state index is 5.56. The van der Waals surface area contributed by atoms with Crippen LogP contribution >= 0.6 is 0 Å². The minimum atomic E-state index is 0.608. The maximum Gasteiger partial charge on any atom is 0.226 e. The number of benzene rings is 1. The van der Waals surface area contributed by atoms with Gasteiger partial charge >= 0.3 is 0 Å². The molecule has 2 aromatic rings. The first-order chi connectivity index (χ1) is 9.33. The predicted molar refractivity (Wildman–Crippen MR) is 74.7 cm³/mol. The monoisotopic (exact) mass is 257 g/mol. The van der Waals surface area contributed by atoms with Gasteiger partial charge in [0.25, 0.3) is 0 Å². The van der Waals surface area contributed by atoms with Crippen molar-refractivity contribution in [1.29, 1.82) is 0 Å². The second-order valence-corrected chi connectivity index (χ2v) is 5.07. The van der Waals surface area contributed by atoms with E-state index in [0.29, 0.717) is 11.9 Å². The van der Waals surface area contributed by atoms with Crippen LogP contribution in [0.1, 0.15) is 12.1 Å². The zero-order chi connectivity index (χ0) is 13.1. The third-order valence-electron chi connectivity index (χ3n) is 3.64. The Morgan fingerprint density at radius 1 is 1.37 bits per heavy atom. The molecule has 2 heterocycles. The van der Waals surface area contributed by atoms with Gasteiger partial charge in [-0.1, -0.05) is 18.2 Å². The molecule has 19 heavy (non-hydrogen) atoms. The smallest absolute Gasteiger partial charge is 0.226 e. The summed E-state index contributed by atoms with van der Waals surface area (Å²) in [6.07, 6.45) is 2.97. The van der Waals surface area contributed by atoms with Gasteiger partial charge in [0.2, 0.25) is 5.89 Å². The highest BCUT2D eigenvalue weighted by Gasteiger charge is 2.20. The maximum absolute atomic E-state index is 5.56. The fourth-order valence-electron chi connectivity index (χ4n) is 2.49. The molecule has 1 aromatic heterocycles. The molecule has 100 valence electrons. The average Bonchev–Trinajstić information content (AvgIpc) is 3.11. The average molecular weight is 257 g/mol. The molecule has 0 amide bonds. The van der Waals surface area contributed by atoms with Gasteiger partial charge in [-0.3, -0.25) is 4.90 Å². The lowest BCUT2D eigenvalue weighted by atomic mass is 10.2. The van der Waals surface area contributed by atoms with E-state index in [1.807, 2.05) is 30.3 Å². The predicted octanol–water partition coefficient (Wildman–Crippen LogP) is 2.14. The molecule has 1 N–H and O–H groups in total. The van der Waals surface area contributed by atoms with Gasteiger partial charge in [0.15, 0.2) is 0 Å². The van der Waals surface area contributed by atoms with Gasteiger partial charge in [0.1, 0.15) is 6.26 Å². The summed E-state index contributed by atoms with van der Waals surface area (Å²) in [4.78, 5) is 6.90. The van der Waals surface area contributed by atoms with Crippen LogP contribution in [0.25, 0.3) is 11.5 Å². The fourth-order valence-corrected chi connectivity index (χ4v) is 2.49. The number of oxazole rings is 1. The highest BCUT2D eigenvalue weighted by molar-refractivity contribution is 5.52. The van der Waals surface area contributed by atoms with E-state index >= 15 is 0 Å². The van der Waals surface area contributed by atoms with E-state index in [1.54, 1.807) is 6.26 Å². The summed E-state index contributed by atoms with van der Waals surface area (Å²) in [7, 11) is 2.15. The summed E-state index contributed by atoms with van der Waals surface area (Å²) in [5.41, 5.74) is 2.02. The van der Waals surface area contributed by atoms with Crippen molar-refractivity contribution in [3.05, 3.63) is 42.3 Å². The second kappa shape index (κ2) is 5.55. The van der Waals surface area contributed by atoms with Gasteiger partial charge in [0, 0.05) is 24.7 Å². The van der Waals surface area contributed by atoms with E-state index in [-0.39, 0.29) is 0 Å². The Morgan fingerprint density at radius 3 is 2.95 bits per heavy atom. The van der Waals surface area contributed by atoms with Crippen molar-refractivity contribution in [3.8, 4) is 11.5 Å². The van der Waals surface area contributed by atoms with Crippen LogP contribution in [0.15, 0.2) is 41.0 Å². The zero-order valence-corrected chi connectivity index (χ0v) is 11.2. The minimum absolute atomic E-state index is 0.608. The van der Waals surface area contributed by atoms with Crippen LogP contribution in [0, 0.1) is 0 Å². The Kier molecular flexibility index (Phi) is 3.62. The first kappa shape index (κ1) is 12.4. The molecule has 1 atom stereocenters. The largest absolute Gasteiger partial charge is 0.444 e. The summed E-state index contributed by atoms with van der Waals surface area (Å²) in [5.74, 6) is 0.702. The Morgan fingerprint density at radius 2 is 2.21 bits per heavy atom. The van der Waals surface area contributed by atoms with Crippen LogP contribution in [0.4, 0.5) is 0 Å². The van der Waals surface area contributed by atoms with E-state index in [1.165, 1.54) is 6.42 Å². The van der Waals surface area contributed by atoms with Crippen molar-refractivity contribution in [3.63, 3.8) is 0 Å². The second-order valence-electron chi connectivity index (χ2n) is 5.07. The summed E-state index contributed by atoms with van der Waals surface area (Å²) < 4.78 is 5.56. The quantitative estimate of drug-likeness (QED) is 0.911. The number of nitrogens with one attached hydrogen (secondary N) is 1. The topological polar surface area (TPSA) is 41.3 Å². The van der Waals surface area contributed by atoms with Crippen molar-refractivity contribution in [2.24, 2.45) is 0 Å². The van der Waals surface area contributed by atoms with Gasteiger partial charge in [-0.25, -0.2) is 4.98 Å². The number of nitrogens with zero attached hydrogens (tertiary/aromatic N) is 2. The fraction of sp³-hybridized carbons (Fsp3) is 0.400. The number of rotatable bonds is 4. The third kappa shape index (κ3) is 2.85. The molecule has 4 nitrogen and oxygen atoms in total. The highest BCUT2D eigenvalue weighted by atomic mass is 16.3. The van der Waals surface area contributed by atoms with Gasteiger partial charge in [-0.15, -0.1) is 0 Å². The molecule has 1 unspecified atom stereocenters. The number of aromatic nitrogens is 1. The standard InChI is InChI=1S/C15H19N3O/c1-18(14-7-8-16-9-14)10-13-11-19-15(17-13)12-5-3-2-4-6-12/h2-6,11,14,16H,7-10H2,1H3. The van der Waals surface area contributed by atoms with E-state index in [9.17, 15) is 0 Å². The molecule has 0 bridgehead atoms. The number of likely N-dealkylation sites (N-methyl/N-ethyl adjacent to an activating group) is 1. The molecule has 4 heteroatoms. The van der Waals surface area contributed by atoms with Gasteiger partial charge in [-0.05, 0) is 32.1 Å². The number of hydrogen-bond donors (Lipinski definition) is 1. The van der Waals surface area contributed by atoms with Crippen LogP contribution in [0.5, 0.6) is 0 Å². The number of hydrogen-bond acceptors (Lipinski definition) is 4. The van der Waals surface area contributed by atoms with Gasteiger partial charge < -0.3 is 9.73 Å². The lowest BCUT2D eigenvalue weighted by Crippen LogP contribution is -2.32. The zero-order valence-electron chi connectivity index (χ0n) is 11.2. The van der Waals surface area contributed by atoms with Crippen molar-refractivity contribution < 1.29 is 4.42 Å². The van der Waals surface area contributed by atoms with Crippen molar-refractivity contribution in [2.75, 3.05) is 20.1 Å². The van der Waals surface area contributed by atoms with Gasteiger partial charge in [-0.2, -0.15) is 0 Å². The molecule has 0 spiro atoms. The van der Waals surface area contributed by atoms with Crippen LogP contribution in [0.3, 0.4) is 0 Å². The Balaban J connectivity index is 1.68. The Hall–Kier alpha value is -1.65. The lowest BCUT2D eigenvalue weighted by Gasteiger charge is -2.21. The van der Waals surface area contributed by atoms with Crippen molar-refractivity contribution in [1.82, 2.24) is 15.2 Å². The van der Waals surface area contributed by atoms with Crippen LogP contribution in [-0.4, -0.2) is 36.1 Å². The third-order valence-corrected chi connectivity index (χ3v) is 3.64. The Bertz CT molecular complexity index is 517. The summed E-state index contributed by atoms with van der Waals surface area (Å²) >= 11 is 0. The molecule has 1 aliphatic rings. The molecule has 1 aliphatic heterocycles. The van der Waals surface area contributed by atoms with E-state index in [2.05, 4.69) is 22.2 Å². The molecular formula is C15H19N3O. The van der Waals surface area contributed by atoms with Crippen LogP contribution in [-0.2, 0) is 6.54 Å². The minimum Gasteiger partial charge on any atom is -0.444 e. The van der Waals surface area contributed by atoms with E-state index < -0.39 is 0 Å². The highest BCUT2D eigenvalue weighted by Crippen LogP contribution is 2.19. The van der Waals surface area contributed by atoms with Crippen LogP contribution in [0.2, 0.25) is 0 Å². The van der Waals surface area contributed by atoms with Crippen LogP contribution < -0.4 is 5.32 Å². The Labute approximate surface area is 113 Å². The molecule has 0 aliphatic carbocycles. The molecule has 0 radical (unpaired) electrons. The summed E-state index contributed by atoms with van der Waals surface area (Å²) in [6.45, 7) is 3.02. The SMILES string of the molecule is CN(Cc1coc(-c2ccccc2)n1)C1CCNC1. The van der Waals surface area contributed by atoms with E-state index in [4.69, 9.17) is 4.42 Å². The molecular weight excluding hydrogens is 238 g/mol. The molecule has 1 fully saturated rings. The molecule has 3 rings (SSSR count). The van der Waals surface area contributed by atoms with Crippen molar-refractivity contribution in [2.45, 2.75) is 19.0 Å². The first-order valence-corrected chi connectivity index (χ1v) is 6.74.